The summed E-state index contributed by atoms with van der Waals surface area (Å²) in [5, 5.41) is 3.46. The topological polar surface area (TPSA) is 50.1 Å². The van der Waals surface area contributed by atoms with Gasteiger partial charge in [0.25, 0.3) is 0 Å². The number of nitrogens with one attached hydrogen (secondary N) is 2. The molecule has 0 bridgehead atoms. The largest absolute Gasteiger partial charge is 0.388 e. The van der Waals surface area contributed by atoms with Gasteiger partial charge < -0.3 is 5.32 Å². The van der Waals surface area contributed by atoms with Gasteiger partial charge in [-0.25, -0.2) is 0 Å². The van der Waals surface area contributed by atoms with Gasteiger partial charge in [-0.05, 0) is 24.8 Å². The lowest BCUT2D eigenvalue weighted by Gasteiger charge is -2.18. The van der Waals surface area contributed by atoms with Gasteiger partial charge in [-0.2, -0.15) is 0 Å². The van der Waals surface area contributed by atoms with Crippen LogP contribution in [0.15, 0.2) is 23.9 Å². The maximum absolute atomic E-state index is 5.28. The Morgan fingerprint density at radius 3 is 3.38 bits per heavy atom. The van der Waals surface area contributed by atoms with Crippen LogP contribution in [0.4, 0.5) is 0 Å². The molecule has 1 fully saturated rings. The fourth-order valence-electron chi connectivity index (χ4n) is 2.25. The summed E-state index contributed by atoms with van der Waals surface area (Å²) >= 11 is 0. The van der Waals surface area contributed by atoms with Crippen molar-refractivity contribution in [2.75, 3.05) is 13.1 Å². The minimum atomic E-state index is 0.721. The molecule has 1 heterocycles. The van der Waals surface area contributed by atoms with E-state index >= 15 is 0 Å². The van der Waals surface area contributed by atoms with Gasteiger partial charge in [0.2, 0.25) is 0 Å². The number of nitrogens with two attached hydrogens (primary N) is 1. The van der Waals surface area contributed by atoms with E-state index in [1.165, 1.54) is 18.5 Å². The van der Waals surface area contributed by atoms with Crippen molar-refractivity contribution in [1.29, 1.82) is 0 Å². The predicted octanol–water partition coefficient (Wildman–Crippen LogP) is 0.519. The van der Waals surface area contributed by atoms with Crippen molar-refractivity contribution in [2.45, 2.75) is 12.8 Å². The maximum atomic E-state index is 5.28. The Hall–Kier alpha value is -0.800. The summed E-state index contributed by atoms with van der Waals surface area (Å²) in [4.78, 5) is 0. The highest BCUT2D eigenvalue weighted by Crippen LogP contribution is 2.32. The molecule has 1 aliphatic carbocycles. The lowest BCUT2D eigenvalue weighted by Crippen LogP contribution is -2.26. The summed E-state index contributed by atoms with van der Waals surface area (Å²) in [7, 11) is 0. The Morgan fingerprint density at radius 2 is 2.54 bits per heavy atom. The molecule has 3 heteroatoms. The molecule has 2 aliphatic rings. The molecule has 1 saturated heterocycles. The van der Waals surface area contributed by atoms with E-state index in [9.17, 15) is 0 Å². The molecular weight excluding hydrogens is 162 g/mol. The summed E-state index contributed by atoms with van der Waals surface area (Å²) in [6.07, 6.45) is 8.95. The van der Waals surface area contributed by atoms with Crippen LogP contribution in [0, 0.1) is 11.8 Å². The molecule has 0 spiro atoms. The van der Waals surface area contributed by atoms with Crippen molar-refractivity contribution in [3.05, 3.63) is 23.9 Å². The van der Waals surface area contributed by atoms with E-state index < -0.39 is 0 Å². The first-order valence-corrected chi connectivity index (χ1v) is 4.96. The molecule has 3 nitrogen and oxygen atoms in total. The second-order valence-corrected chi connectivity index (χ2v) is 3.78. The van der Waals surface area contributed by atoms with Gasteiger partial charge in [0.15, 0.2) is 0 Å². The van der Waals surface area contributed by atoms with Gasteiger partial charge in [-0.3, -0.25) is 11.3 Å². The molecule has 1 aliphatic heterocycles. The van der Waals surface area contributed by atoms with Gasteiger partial charge in [-0.1, -0.05) is 12.2 Å². The zero-order valence-corrected chi connectivity index (χ0v) is 7.79. The second-order valence-electron chi connectivity index (χ2n) is 3.78. The zero-order valence-electron chi connectivity index (χ0n) is 7.79. The SMILES string of the molecule is NNCCC1CNC2=CC=CCC21. The zero-order chi connectivity index (χ0) is 9.10. The van der Waals surface area contributed by atoms with Crippen molar-refractivity contribution >= 4 is 0 Å². The van der Waals surface area contributed by atoms with E-state index in [2.05, 4.69) is 29.0 Å². The molecule has 0 radical (unpaired) electrons. The quantitative estimate of drug-likeness (QED) is 0.437. The number of rotatable bonds is 3. The van der Waals surface area contributed by atoms with E-state index in [0.717, 1.165) is 24.9 Å². The molecule has 13 heavy (non-hydrogen) atoms. The van der Waals surface area contributed by atoms with Crippen LogP contribution in [0.5, 0.6) is 0 Å². The highest BCUT2D eigenvalue weighted by molar-refractivity contribution is 5.23. The predicted molar refractivity (Wildman–Crippen MR) is 53.6 cm³/mol. The molecule has 0 aromatic heterocycles. The third kappa shape index (κ3) is 1.76. The number of allylic oxidation sites excluding steroid dienone is 4. The van der Waals surface area contributed by atoms with Gasteiger partial charge in [0, 0.05) is 24.7 Å². The number of fused-ring (bicyclic) bond motifs is 1. The standard InChI is InChI=1S/C10H17N3/c11-13-6-5-8-7-12-10-4-2-1-3-9(8)10/h1-2,4,8-9,12-13H,3,5-7,11H2. The molecule has 0 saturated carbocycles. The first kappa shape index (κ1) is 8.78. The molecule has 2 unspecified atom stereocenters. The van der Waals surface area contributed by atoms with Crippen molar-refractivity contribution in [3.8, 4) is 0 Å². The van der Waals surface area contributed by atoms with Crippen molar-refractivity contribution in [1.82, 2.24) is 10.7 Å². The van der Waals surface area contributed by atoms with Crippen LogP contribution in [0.2, 0.25) is 0 Å². The van der Waals surface area contributed by atoms with Crippen molar-refractivity contribution in [3.63, 3.8) is 0 Å². The summed E-state index contributed by atoms with van der Waals surface area (Å²) in [6.45, 7) is 2.03. The van der Waals surface area contributed by atoms with E-state index in [1.807, 2.05) is 0 Å². The van der Waals surface area contributed by atoms with E-state index in [4.69, 9.17) is 5.84 Å². The Morgan fingerprint density at radius 1 is 1.62 bits per heavy atom. The lowest BCUT2D eigenvalue weighted by atomic mass is 9.86. The molecule has 0 aromatic carbocycles. The normalized spacial score (nSPS) is 31.0. The highest BCUT2D eigenvalue weighted by Gasteiger charge is 2.30. The van der Waals surface area contributed by atoms with Crippen LogP contribution >= 0.6 is 0 Å². The molecule has 2 atom stereocenters. The van der Waals surface area contributed by atoms with Gasteiger partial charge in [0.05, 0.1) is 0 Å². The lowest BCUT2D eigenvalue weighted by molar-refractivity contribution is 0.404. The third-order valence-electron chi connectivity index (χ3n) is 3.00. The molecule has 0 aromatic rings. The van der Waals surface area contributed by atoms with Crippen molar-refractivity contribution in [2.24, 2.45) is 17.7 Å². The molecule has 4 N–H and O–H groups in total. The fraction of sp³-hybridized carbons (Fsp3) is 0.600. The number of hydrazine groups is 1. The minimum Gasteiger partial charge on any atom is -0.388 e. The van der Waals surface area contributed by atoms with E-state index in [1.54, 1.807) is 0 Å². The third-order valence-corrected chi connectivity index (χ3v) is 3.00. The van der Waals surface area contributed by atoms with Crippen LogP contribution in [-0.2, 0) is 0 Å². The molecular formula is C10H17N3. The Kier molecular flexibility index (Phi) is 2.66. The van der Waals surface area contributed by atoms with Gasteiger partial charge in [-0.15, -0.1) is 0 Å². The average molecular weight is 179 g/mol. The second kappa shape index (κ2) is 3.94. The van der Waals surface area contributed by atoms with Crippen LogP contribution < -0.4 is 16.6 Å². The summed E-state index contributed by atoms with van der Waals surface area (Å²) in [5.41, 5.74) is 4.15. The first-order valence-electron chi connectivity index (χ1n) is 4.96. The van der Waals surface area contributed by atoms with Crippen molar-refractivity contribution < 1.29 is 0 Å². The van der Waals surface area contributed by atoms with Crippen LogP contribution in [0.25, 0.3) is 0 Å². The number of hydrogen-bond acceptors (Lipinski definition) is 3. The van der Waals surface area contributed by atoms with Gasteiger partial charge in [0.1, 0.15) is 0 Å². The van der Waals surface area contributed by atoms with E-state index in [-0.39, 0.29) is 0 Å². The molecule has 0 amide bonds. The summed E-state index contributed by atoms with van der Waals surface area (Å²) in [5.74, 6) is 6.75. The average Bonchev–Trinajstić information content (AvgIpc) is 2.58. The smallest absolute Gasteiger partial charge is 0.0179 e. The van der Waals surface area contributed by atoms with Crippen LogP contribution in [0.1, 0.15) is 12.8 Å². The minimum absolute atomic E-state index is 0.721. The molecule has 2 rings (SSSR count). The Balaban J connectivity index is 1.94. The van der Waals surface area contributed by atoms with E-state index in [0.29, 0.717) is 0 Å². The monoisotopic (exact) mass is 179 g/mol. The summed E-state index contributed by atoms with van der Waals surface area (Å²) in [6, 6.07) is 0. The van der Waals surface area contributed by atoms with Gasteiger partial charge >= 0.3 is 0 Å². The Labute approximate surface area is 79.0 Å². The number of hydrogen-bond donors (Lipinski definition) is 3. The molecule has 72 valence electrons. The fourth-order valence-corrected chi connectivity index (χ4v) is 2.25. The first-order chi connectivity index (χ1) is 6.42. The maximum Gasteiger partial charge on any atom is 0.0179 e. The Bertz CT molecular complexity index is 232. The van der Waals surface area contributed by atoms with Crippen LogP contribution in [-0.4, -0.2) is 13.1 Å². The summed E-state index contributed by atoms with van der Waals surface area (Å²) < 4.78 is 0. The highest BCUT2D eigenvalue weighted by atomic mass is 15.2. The van der Waals surface area contributed by atoms with Crippen LogP contribution in [0.3, 0.4) is 0 Å².